The predicted molar refractivity (Wildman–Crippen MR) is 53.6 cm³/mol. The second-order valence-electron chi connectivity index (χ2n) is 3.28. The van der Waals surface area contributed by atoms with Crippen LogP contribution in [0.15, 0.2) is 18.2 Å². The molecule has 0 bridgehead atoms. The lowest BCUT2D eigenvalue weighted by molar-refractivity contribution is 0.108. The van der Waals surface area contributed by atoms with Gasteiger partial charge in [0.15, 0.2) is 0 Å². The van der Waals surface area contributed by atoms with E-state index in [4.69, 9.17) is 23.2 Å². The Morgan fingerprint density at radius 2 is 2.08 bits per heavy atom. The third-order valence-electron chi connectivity index (χ3n) is 2.24. The second-order valence-corrected chi connectivity index (χ2v) is 4.03. The Bertz CT molecular complexity index is 356. The molecule has 0 unspecified atom stereocenters. The lowest BCUT2D eigenvalue weighted by Crippen LogP contribution is -1.90. The van der Waals surface area contributed by atoms with Crippen LogP contribution in [0.4, 0.5) is 0 Å². The number of carbonyl (C=O) groups excluding carboxylic acids is 1. The molecule has 0 N–H and O–H groups in total. The Morgan fingerprint density at radius 1 is 1.38 bits per heavy atom. The number of hydrogen-bond donors (Lipinski definition) is 0. The second kappa shape index (κ2) is 3.32. The van der Waals surface area contributed by atoms with Crippen molar-refractivity contribution in [2.75, 3.05) is 0 Å². The van der Waals surface area contributed by atoms with E-state index in [2.05, 4.69) is 0 Å². The summed E-state index contributed by atoms with van der Waals surface area (Å²) >= 11 is 11.3. The Kier molecular flexibility index (Phi) is 2.31. The van der Waals surface area contributed by atoms with Gasteiger partial charge in [-0.1, -0.05) is 17.7 Å². The lowest BCUT2D eigenvalue weighted by Gasteiger charge is -2.02. The quantitative estimate of drug-likeness (QED) is 0.689. The van der Waals surface area contributed by atoms with Gasteiger partial charge >= 0.3 is 0 Å². The summed E-state index contributed by atoms with van der Waals surface area (Å²) in [4.78, 5) is 10.8. The number of benzene rings is 1. The summed E-state index contributed by atoms with van der Waals surface area (Å²) in [7, 11) is 0. The van der Waals surface area contributed by atoms with Gasteiger partial charge in [0.25, 0.3) is 5.24 Å². The van der Waals surface area contributed by atoms with E-state index in [-0.39, 0.29) is 0 Å². The number of halogens is 2. The van der Waals surface area contributed by atoms with E-state index in [9.17, 15) is 4.79 Å². The van der Waals surface area contributed by atoms with Gasteiger partial charge in [0.05, 0.1) is 0 Å². The van der Waals surface area contributed by atoms with Crippen LogP contribution in [0.5, 0.6) is 0 Å². The Labute approximate surface area is 86.7 Å². The highest BCUT2D eigenvalue weighted by molar-refractivity contribution is 6.67. The molecule has 0 saturated heterocycles. The fourth-order valence-electron chi connectivity index (χ4n) is 1.37. The van der Waals surface area contributed by atoms with Crippen molar-refractivity contribution in [2.24, 2.45) is 0 Å². The minimum Gasteiger partial charge on any atom is -0.276 e. The molecule has 1 fully saturated rings. The van der Waals surface area contributed by atoms with Gasteiger partial charge in [-0.15, -0.1) is 0 Å². The fourth-order valence-corrected chi connectivity index (χ4v) is 1.83. The molecule has 1 aliphatic carbocycles. The van der Waals surface area contributed by atoms with Crippen LogP contribution in [0.3, 0.4) is 0 Å². The molecule has 0 amide bonds. The zero-order chi connectivity index (χ0) is 9.42. The standard InChI is InChI=1S/C10H8Cl2O/c11-9-5-7(10(12)13)3-4-8(9)6-1-2-6/h3-6H,1-2H2. The Hall–Kier alpha value is -0.530. The van der Waals surface area contributed by atoms with Crippen LogP contribution in [0.1, 0.15) is 34.7 Å². The first-order valence-electron chi connectivity index (χ1n) is 4.18. The van der Waals surface area contributed by atoms with Crippen LogP contribution in [0.2, 0.25) is 5.02 Å². The highest BCUT2D eigenvalue weighted by Gasteiger charge is 2.25. The molecule has 0 spiro atoms. The third-order valence-corrected chi connectivity index (χ3v) is 2.79. The summed E-state index contributed by atoms with van der Waals surface area (Å²) < 4.78 is 0. The average Bonchev–Trinajstić information content (AvgIpc) is 2.87. The normalized spacial score (nSPS) is 15.8. The van der Waals surface area contributed by atoms with E-state index in [0.717, 1.165) is 5.56 Å². The molecule has 0 aromatic heterocycles. The molecular formula is C10H8Cl2O. The first-order chi connectivity index (χ1) is 6.18. The van der Waals surface area contributed by atoms with Gasteiger partial charge in [0.1, 0.15) is 0 Å². The highest BCUT2D eigenvalue weighted by atomic mass is 35.5. The van der Waals surface area contributed by atoms with Gasteiger partial charge in [-0.2, -0.15) is 0 Å². The van der Waals surface area contributed by atoms with Crippen molar-refractivity contribution >= 4 is 28.4 Å². The summed E-state index contributed by atoms with van der Waals surface area (Å²) in [6, 6.07) is 5.27. The maximum atomic E-state index is 10.8. The molecule has 13 heavy (non-hydrogen) atoms. The van der Waals surface area contributed by atoms with Crippen molar-refractivity contribution in [1.82, 2.24) is 0 Å². The van der Waals surface area contributed by atoms with Gasteiger partial charge < -0.3 is 0 Å². The van der Waals surface area contributed by atoms with Crippen molar-refractivity contribution in [3.63, 3.8) is 0 Å². The third kappa shape index (κ3) is 1.87. The molecule has 1 saturated carbocycles. The predicted octanol–water partition coefficient (Wildman–Crippen LogP) is 3.60. The topological polar surface area (TPSA) is 17.1 Å². The van der Waals surface area contributed by atoms with E-state index in [1.165, 1.54) is 12.8 Å². The summed E-state index contributed by atoms with van der Waals surface area (Å²) in [6.45, 7) is 0. The maximum absolute atomic E-state index is 10.8. The van der Waals surface area contributed by atoms with Crippen molar-refractivity contribution in [2.45, 2.75) is 18.8 Å². The van der Waals surface area contributed by atoms with Gasteiger partial charge in [-0.25, -0.2) is 0 Å². The zero-order valence-corrected chi connectivity index (χ0v) is 8.40. The van der Waals surface area contributed by atoms with Crippen molar-refractivity contribution in [1.29, 1.82) is 0 Å². The summed E-state index contributed by atoms with van der Waals surface area (Å²) in [6.07, 6.45) is 2.40. The summed E-state index contributed by atoms with van der Waals surface area (Å²) in [5.74, 6) is 0.604. The minimum absolute atomic E-state index is 0.454. The molecule has 1 aliphatic rings. The smallest absolute Gasteiger partial charge is 0.252 e. The average molecular weight is 215 g/mol. The molecule has 0 aliphatic heterocycles. The highest BCUT2D eigenvalue weighted by Crippen LogP contribution is 2.43. The number of rotatable bonds is 2. The number of hydrogen-bond acceptors (Lipinski definition) is 1. The molecule has 0 heterocycles. The summed E-state index contributed by atoms with van der Waals surface area (Å²) in [5.41, 5.74) is 1.61. The molecular weight excluding hydrogens is 207 g/mol. The van der Waals surface area contributed by atoms with Crippen molar-refractivity contribution < 1.29 is 4.79 Å². The minimum atomic E-state index is -0.454. The zero-order valence-electron chi connectivity index (χ0n) is 6.89. The largest absolute Gasteiger partial charge is 0.276 e. The van der Waals surface area contributed by atoms with Gasteiger partial charge in [-0.3, -0.25) is 4.79 Å². The van der Waals surface area contributed by atoms with Crippen LogP contribution in [-0.2, 0) is 0 Å². The first kappa shape index (κ1) is 9.04. The monoisotopic (exact) mass is 214 g/mol. The van der Waals surface area contributed by atoms with Crippen molar-refractivity contribution in [3.8, 4) is 0 Å². The van der Waals surface area contributed by atoms with E-state index in [1.54, 1.807) is 12.1 Å². The van der Waals surface area contributed by atoms with E-state index < -0.39 is 5.24 Å². The molecule has 1 aromatic carbocycles. The van der Waals surface area contributed by atoms with Gasteiger partial charge in [-0.05, 0) is 48.1 Å². The fraction of sp³-hybridized carbons (Fsp3) is 0.300. The Morgan fingerprint density at radius 3 is 2.54 bits per heavy atom. The van der Waals surface area contributed by atoms with Crippen molar-refractivity contribution in [3.05, 3.63) is 34.3 Å². The molecule has 2 rings (SSSR count). The lowest BCUT2D eigenvalue weighted by atomic mass is 10.1. The van der Waals surface area contributed by atoms with Crippen LogP contribution in [-0.4, -0.2) is 5.24 Å². The number of carbonyl (C=O) groups is 1. The van der Waals surface area contributed by atoms with Crippen LogP contribution < -0.4 is 0 Å². The van der Waals surface area contributed by atoms with Gasteiger partial charge in [0, 0.05) is 10.6 Å². The molecule has 3 heteroatoms. The Balaban J connectivity index is 2.36. The van der Waals surface area contributed by atoms with Crippen LogP contribution >= 0.6 is 23.2 Å². The SMILES string of the molecule is O=C(Cl)c1ccc(C2CC2)c(Cl)c1. The van der Waals surface area contributed by atoms with E-state index >= 15 is 0 Å². The maximum Gasteiger partial charge on any atom is 0.252 e. The van der Waals surface area contributed by atoms with Crippen LogP contribution in [0, 0.1) is 0 Å². The molecule has 68 valence electrons. The van der Waals surface area contributed by atoms with Gasteiger partial charge in [0.2, 0.25) is 0 Å². The van der Waals surface area contributed by atoms with E-state index in [0.29, 0.717) is 16.5 Å². The molecule has 0 atom stereocenters. The summed E-state index contributed by atoms with van der Waals surface area (Å²) in [5, 5.41) is 0.207. The molecule has 1 nitrogen and oxygen atoms in total. The van der Waals surface area contributed by atoms with E-state index in [1.807, 2.05) is 6.07 Å². The first-order valence-corrected chi connectivity index (χ1v) is 4.93. The molecule has 1 aromatic rings. The van der Waals surface area contributed by atoms with Crippen LogP contribution in [0.25, 0.3) is 0 Å². The molecule has 0 radical (unpaired) electrons.